The number of amides is 1. The summed E-state index contributed by atoms with van der Waals surface area (Å²) < 4.78 is 5.44. The van der Waals surface area contributed by atoms with Crippen LogP contribution >= 0.6 is 0 Å². The first-order valence-corrected chi connectivity index (χ1v) is 7.50. The molecule has 2 aromatic rings. The minimum absolute atomic E-state index is 0.00902. The van der Waals surface area contributed by atoms with Crippen LogP contribution in [-0.4, -0.2) is 19.1 Å². The SMILES string of the molecule is CCOc1cccc(NCC(=O)NC(C)c2ccccc2)c1. The fourth-order valence-corrected chi connectivity index (χ4v) is 2.16. The van der Waals surface area contributed by atoms with Crippen molar-refractivity contribution in [3.63, 3.8) is 0 Å². The number of rotatable bonds is 7. The molecule has 0 aliphatic rings. The van der Waals surface area contributed by atoms with Gasteiger partial charge in [-0.1, -0.05) is 36.4 Å². The molecule has 1 atom stereocenters. The van der Waals surface area contributed by atoms with Crippen molar-refractivity contribution >= 4 is 11.6 Å². The Hall–Kier alpha value is -2.49. The molecule has 4 nitrogen and oxygen atoms in total. The first-order chi connectivity index (χ1) is 10.7. The molecule has 2 N–H and O–H groups in total. The Morgan fingerprint density at radius 2 is 1.91 bits per heavy atom. The highest BCUT2D eigenvalue weighted by molar-refractivity contribution is 5.81. The van der Waals surface area contributed by atoms with Gasteiger partial charge < -0.3 is 15.4 Å². The van der Waals surface area contributed by atoms with Gasteiger partial charge in [0.2, 0.25) is 5.91 Å². The average Bonchev–Trinajstić information content (AvgIpc) is 2.54. The van der Waals surface area contributed by atoms with Gasteiger partial charge in [-0.15, -0.1) is 0 Å². The van der Waals surface area contributed by atoms with Crippen LogP contribution < -0.4 is 15.4 Å². The van der Waals surface area contributed by atoms with Crippen molar-refractivity contribution in [3.8, 4) is 5.75 Å². The standard InChI is InChI=1S/C18H22N2O2/c1-3-22-17-11-7-10-16(12-17)19-13-18(21)20-14(2)15-8-5-4-6-9-15/h4-12,14,19H,3,13H2,1-2H3,(H,20,21). The lowest BCUT2D eigenvalue weighted by molar-refractivity contribution is -0.120. The van der Waals surface area contributed by atoms with Crippen molar-refractivity contribution < 1.29 is 9.53 Å². The quantitative estimate of drug-likeness (QED) is 0.824. The van der Waals surface area contributed by atoms with Gasteiger partial charge in [0.15, 0.2) is 0 Å². The Kier molecular flexibility index (Phi) is 5.83. The number of benzene rings is 2. The van der Waals surface area contributed by atoms with Gasteiger partial charge >= 0.3 is 0 Å². The molecule has 0 saturated heterocycles. The third-order valence-electron chi connectivity index (χ3n) is 3.28. The summed E-state index contributed by atoms with van der Waals surface area (Å²) in [4.78, 5) is 12.0. The van der Waals surface area contributed by atoms with Crippen molar-refractivity contribution in [2.24, 2.45) is 0 Å². The molecule has 1 amide bonds. The number of anilines is 1. The lowest BCUT2D eigenvalue weighted by Crippen LogP contribution is -2.32. The summed E-state index contributed by atoms with van der Waals surface area (Å²) >= 11 is 0. The van der Waals surface area contributed by atoms with Crippen LogP contribution in [0, 0.1) is 0 Å². The van der Waals surface area contributed by atoms with Crippen LogP contribution in [-0.2, 0) is 4.79 Å². The largest absolute Gasteiger partial charge is 0.494 e. The Morgan fingerprint density at radius 3 is 2.64 bits per heavy atom. The zero-order valence-corrected chi connectivity index (χ0v) is 13.0. The second-order valence-corrected chi connectivity index (χ2v) is 5.01. The van der Waals surface area contributed by atoms with Crippen LogP contribution in [0.25, 0.3) is 0 Å². The van der Waals surface area contributed by atoms with E-state index in [2.05, 4.69) is 10.6 Å². The van der Waals surface area contributed by atoms with E-state index in [4.69, 9.17) is 4.74 Å². The van der Waals surface area contributed by atoms with E-state index in [1.807, 2.05) is 68.4 Å². The van der Waals surface area contributed by atoms with Crippen LogP contribution in [0.1, 0.15) is 25.5 Å². The molecule has 0 spiro atoms. The predicted molar refractivity (Wildman–Crippen MR) is 89.1 cm³/mol. The second kappa shape index (κ2) is 8.08. The second-order valence-electron chi connectivity index (χ2n) is 5.01. The lowest BCUT2D eigenvalue weighted by Gasteiger charge is -2.15. The molecule has 22 heavy (non-hydrogen) atoms. The number of hydrogen-bond donors (Lipinski definition) is 2. The number of ether oxygens (including phenoxy) is 1. The van der Waals surface area contributed by atoms with Crippen LogP contribution in [0.4, 0.5) is 5.69 Å². The Morgan fingerprint density at radius 1 is 1.14 bits per heavy atom. The summed E-state index contributed by atoms with van der Waals surface area (Å²) in [5.74, 6) is 0.753. The van der Waals surface area contributed by atoms with Crippen LogP contribution in [0.3, 0.4) is 0 Å². The van der Waals surface area contributed by atoms with Crippen molar-refractivity contribution in [2.45, 2.75) is 19.9 Å². The highest BCUT2D eigenvalue weighted by Crippen LogP contribution is 2.17. The van der Waals surface area contributed by atoms with E-state index in [1.54, 1.807) is 0 Å². The van der Waals surface area contributed by atoms with Gasteiger partial charge in [0.05, 0.1) is 19.2 Å². The molecule has 1 unspecified atom stereocenters. The maximum absolute atomic E-state index is 12.0. The first kappa shape index (κ1) is 15.9. The van der Waals surface area contributed by atoms with Gasteiger partial charge in [-0.2, -0.15) is 0 Å². The summed E-state index contributed by atoms with van der Waals surface area (Å²) in [5, 5.41) is 6.08. The fourth-order valence-electron chi connectivity index (χ4n) is 2.16. The molecule has 0 saturated carbocycles. The first-order valence-electron chi connectivity index (χ1n) is 7.50. The topological polar surface area (TPSA) is 50.4 Å². The van der Waals surface area contributed by atoms with Crippen LogP contribution in [0.5, 0.6) is 5.75 Å². The Labute approximate surface area is 131 Å². The zero-order chi connectivity index (χ0) is 15.8. The maximum atomic E-state index is 12.0. The molecule has 0 aromatic heterocycles. The molecular formula is C18H22N2O2. The average molecular weight is 298 g/mol. The van der Waals surface area contributed by atoms with Gasteiger partial charge in [0.1, 0.15) is 5.75 Å². The van der Waals surface area contributed by atoms with Crippen molar-refractivity contribution in [1.82, 2.24) is 5.32 Å². The van der Waals surface area contributed by atoms with E-state index in [9.17, 15) is 4.79 Å². The van der Waals surface area contributed by atoms with E-state index in [-0.39, 0.29) is 18.5 Å². The maximum Gasteiger partial charge on any atom is 0.239 e. The third kappa shape index (κ3) is 4.81. The molecule has 0 aliphatic carbocycles. The molecular weight excluding hydrogens is 276 g/mol. The number of hydrogen-bond acceptors (Lipinski definition) is 3. The molecule has 116 valence electrons. The smallest absolute Gasteiger partial charge is 0.239 e. The molecule has 0 radical (unpaired) electrons. The number of carbonyl (C=O) groups excluding carboxylic acids is 1. The van der Waals surface area contributed by atoms with E-state index in [0.29, 0.717) is 6.61 Å². The molecule has 0 heterocycles. The highest BCUT2D eigenvalue weighted by Gasteiger charge is 2.08. The summed E-state index contributed by atoms with van der Waals surface area (Å²) in [5.41, 5.74) is 1.96. The number of nitrogens with one attached hydrogen (secondary N) is 2. The minimum Gasteiger partial charge on any atom is -0.494 e. The van der Waals surface area contributed by atoms with Crippen LogP contribution in [0.15, 0.2) is 54.6 Å². The van der Waals surface area contributed by atoms with E-state index < -0.39 is 0 Å². The molecule has 2 rings (SSSR count). The summed E-state index contributed by atoms with van der Waals surface area (Å²) in [7, 11) is 0. The third-order valence-corrected chi connectivity index (χ3v) is 3.28. The van der Waals surface area contributed by atoms with Gasteiger partial charge in [0.25, 0.3) is 0 Å². The summed E-state index contributed by atoms with van der Waals surface area (Å²) in [6, 6.07) is 17.5. The highest BCUT2D eigenvalue weighted by atomic mass is 16.5. The molecule has 2 aromatic carbocycles. The normalized spacial score (nSPS) is 11.5. The van der Waals surface area contributed by atoms with Crippen molar-refractivity contribution in [3.05, 3.63) is 60.2 Å². The summed E-state index contributed by atoms with van der Waals surface area (Å²) in [6.45, 7) is 4.77. The van der Waals surface area contributed by atoms with Crippen molar-refractivity contribution in [1.29, 1.82) is 0 Å². The number of carbonyl (C=O) groups is 1. The van der Waals surface area contributed by atoms with Gasteiger partial charge in [0, 0.05) is 11.8 Å². The van der Waals surface area contributed by atoms with Gasteiger partial charge in [-0.05, 0) is 31.5 Å². The summed E-state index contributed by atoms with van der Waals surface area (Å²) in [6.07, 6.45) is 0. The van der Waals surface area contributed by atoms with Crippen LogP contribution in [0.2, 0.25) is 0 Å². The predicted octanol–water partition coefficient (Wildman–Crippen LogP) is 3.37. The van der Waals surface area contributed by atoms with Gasteiger partial charge in [-0.3, -0.25) is 4.79 Å². The molecule has 0 bridgehead atoms. The molecule has 0 fully saturated rings. The fraction of sp³-hybridized carbons (Fsp3) is 0.278. The molecule has 4 heteroatoms. The molecule has 0 aliphatic heterocycles. The van der Waals surface area contributed by atoms with E-state index in [0.717, 1.165) is 17.0 Å². The van der Waals surface area contributed by atoms with Gasteiger partial charge in [-0.25, -0.2) is 0 Å². The lowest BCUT2D eigenvalue weighted by atomic mass is 10.1. The van der Waals surface area contributed by atoms with E-state index >= 15 is 0 Å². The Balaban J connectivity index is 1.84. The Bertz CT molecular complexity index is 599. The monoisotopic (exact) mass is 298 g/mol. The zero-order valence-electron chi connectivity index (χ0n) is 13.0. The van der Waals surface area contributed by atoms with E-state index in [1.165, 1.54) is 0 Å². The minimum atomic E-state index is -0.0434. The van der Waals surface area contributed by atoms with Crippen molar-refractivity contribution in [2.75, 3.05) is 18.5 Å².